The number of ether oxygens (including phenoxy) is 1. The highest BCUT2D eigenvalue weighted by Gasteiger charge is 2.27. The zero-order valence-electron chi connectivity index (χ0n) is 10.7. The van der Waals surface area contributed by atoms with Crippen LogP contribution in [0.1, 0.15) is 20.8 Å². The fraction of sp³-hybridized carbons (Fsp3) is 0.500. The zero-order valence-corrected chi connectivity index (χ0v) is 10.7. The molecule has 0 spiro atoms. The minimum Gasteiger partial charge on any atom is -0.481 e. The van der Waals surface area contributed by atoms with Gasteiger partial charge in [0.15, 0.2) is 0 Å². The average molecular weight is 237 g/mol. The van der Waals surface area contributed by atoms with Crippen molar-refractivity contribution in [2.24, 2.45) is 11.1 Å². The highest BCUT2D eigenvalue weighted by molar-refractivity contribution is 5.95. The standard InChI is InChI=1S/C12H19N3O2/c1-12(2,3)10(13)11(16)15-8-5-6-9(17-4)14-7-8/h5-7,10H,13H2,1-4H3,(H,15,16)/t10-/m1/s1. The van der Waals surface area contributed by atoms with Crippen LogP contribution in [0, 0.1) is 5.41 Å². The summed E-state index contributed by atoms with van der Waals surface area (Å²) in [5, 5.41) is 2.72. The molecule has 0 fully saturated rings. The normalized spacial score (nSPS) is 13.0. The van der Waals surface area contributed by atoms with Gasteiger partial charge in [0.2, 0.25) is 11.8 Å². The molecule has 0 saturated carbocycles. The van der Waals surface area contributed by atoms with Crippen LogP contribution in [0.4, 0.5) is 5.69 Å². The Hall–Kier alpha value is -1.62. The van der Waals surface area contributed by atoms with Crippen molar-refractivity contribution in [3.05, 3.63) is 18.3 Å². The monoisotopic (exact) mass is 237 g/mol. The van der Waals surface area contributed by atoms with Crippen LogP contribution in [0.3, 0.4) is 0 Å². The van der Waals surface area contributed by atoms with E-state index in [1.807, 2.05) is 20.8 Å². The number of aromatic nitrogens is 1. The first-order valence-electron chi connectivity index (χ1n) is 5.41. The van der Waals surface area contributed by atoms with Gasteiger partial charge in [-0.3, -0.25) is 4.79 Å². The van der Waals surface area contributed by atoms with Gasteiger partial charge in [0, 0.05) is 6.07 Å². The van der Waals surface area contributed by atoms with Gasteiger partial charge in [-0.05, 0) is 11.5 Å². The lowest BCUT2D eigenvalue weighted by Crippen LogP contribution is -2.45. The Labute approximate surface area is 101 Å². The number of nitrogens with one attached hydrogen (secondary N) is 1. The van der Waals surface area contributed by atoms with Crippen molar-refractivity contribution in [1.29, 1.82) is 0 Å². The Bertz CT molecular complexity index is 382. The van der Waals surface area contributed by atoms with Crippen molar-refractivity contribution >= 4 is 11.6 Å². The van der Waals surface area contributed by atoms with Crippen molar-refractivity contribution in [3.63, 3.8) is 0 Å². The summed E-state index contributed by atoms with van der Waals surface area (Å²) in [4.78, 5) is 15.8. The van der Waals surface area contributed by atoms with E-state index in [0.29, 0.717) is 11.6 Å². The number of nitrogens with zero attached hydrogens (tertiary/aromatic N) is 1. The zero-order chi connectivity index (χ0) is 13.1. The molecule has 0 aliphatic carbocycles. The molecule has 3 N–H and O–H groups in total. The number of pyridine rings is 1. The molecule has 0 radical (unpaired) electrons. The summed E-state index contributed by atoms with van der Waals surface area (Å²) in [6.45, 7) is 5.76. The Morgan fingerprint density at radius 3 is 2.53 bits per heavy atom. The maximum absolute atomic E-state index is 11.8. The number of hydrogen-bond acceptors (Lipinski definition) is 4. The van der Waals surface area contributed by atoms with Crippen LogP contribution < -0.4 is 15.8 Å². The number of carbonyl (C=O) groups is 1. The molecule has 0 unspecified atom stereocenters. The summed E-state index contributed by atoms with van der Waals surface area (Å²) < 4.78 is 4.93. The second-order valence-corrected chi connectivity index (χ2v) is 4.92. The van der Waals surface area contributed by atoms with Crippen LogP contribution in [0.15, 0.2) is 18.3 Å². The predicted molar refractivity (Wildman–Crippen MR) is 66.8 cm³/mol. The number of rotatable bonds is 3. The van der Waals surface area contributed by atoms with Gasteiger partial charge in [0.25, 0.3) is 0 Å². The van der Waals surface area contributed by atoms with Gasteiger partial charge in [0.05, 0.1) is 25.0 Å². The lowest BCUT2D eigenvalue weighted by molar-refractivity contribution is -0.119. The summed E-state index contributed by atoms with van der Waals surface area (Å²) >= 11 is 0. The fourth-order valence-electron chi connectivity index (χ4n) is 1.19. The van der Waals surface area contributed by atoms with E-state index in [2.05, 4.69) is 10.3 Å². The Morgan fingerprint density at radius 2 is 2.12 bits per heavy atom. The van der Waals surface area contributed by atoms with Gasteiger partial charge < -0.3 is 15.8 Å². The van der Waals surface area contributed by atoms with Gasteiger partial charge in [0.1, 0.15) is 0 Å². The SMILES string of the molecule is COc1ccc(NC(=O)[C@@H](N)C(C)(C)C)cn1. The average Bonchev–Trinajstić information content (AvgIpc) is 2.27. The third-order valence-electron chi connectivity index (χ3n) is 2.43. The lowest BCUT2D eigenvalue weighted by Gasteiger charge is -2.25. The topological polar surface area (TPSA) is 77.2 Å². The van der Waals surface area contributed by atoms with E-state index in [0.717, 1.165) is 0 Å². The molecule has 1 amide bonds. The van der Waals surface area contributed by atoms with Crippen LogP contribution in [-0.4, -0.2) is 24.0 Å². The number of carbonyl (C=O) groups excluding carboxylic acids is 1. The van der Waals surface area contributed by atoms with Crippen LogP contribution >= 0.6 is 0 Å². The number of amides is 1. The lowest BCUT2D eigenvalue weighted by atomic mass is 9.87. The molecule has 0 bridgehead atoms. The molecule has 0 aliphatic rings. The molecule has 0 saturated heterocycles. The first-order chi connectivity index (χ1) is 7.84. The van der Waals surface area contributed by atoms with E-state index in [4.69, 9.17) is 10.5 Å². The number of hydrogen-bond donors (Lipinski definition) is 2. The second-order valence-electron chi connectivity index (χ2n) is 4.92. The molecule has 5 heteroatoms. The molecule has 1 aromatic heterocycles. The summed E-state index contributed by atoms with van der Waals surface area (Å²) in [5.74, 6) is 0.285. The molecule has 0 aliphatic heterocycles. The quantitative estimate of drug-likeness (QED) is 0.833. The first kappa shape index (κ1) is 13.4. The van der Waals surface area contributed by atoms with Gasteiger partial charge in [-0.25, -0.2) is 4.98 Å². The van der Waals surface area contributed by atoms with Crippen molar-refractivity contribution in [2.75, 3.05) is 12.4 Å². The van der Waals surface area contributed by atoms with E-state index < -0.39 is 6.04 Å². The maximum atomic E-state index is 11.8. The van der Waals surface area contributed by atoms with Crippen LogP contribution in [0.2, 0.25) is 0 Å². The van der Waals surface area contributed by atoms with E-state index in [-0.39, 0.29) is 11.3 Å². The Kier molecular flexibility index (Phi) is 4.07. The van der Waals surface area contributed by atoms with Gasteiger partial charge in [-0.2, -0.15) is 0 Å². The Morgan fingerprint density at radius 1 is 1.47 bits per heavy atom. The van der Waals surface area contributed by atoms with Crippen molar-refractivity contribution in [3.8, 4) is 5.88 Å². The van der Waals surface area contributed by atoms with E-state index in [9.17, 15) is 4.79 Å². The summed E-state index contributed by atoms with van der Waals surface area (Å²) in [6, 6.07) is 2.83. The third kappa shape index (κ3) is 3.71. The van der Waals surface area contributed by atoms with Crippen LogP contribution in [0.5, 0.6) is 5.88 Å². The molecule has 1 aromatic rings. The number of methoxy groups -OCH3 is 1. The van der Waals surface area contributed by atoms with Crippen molar-refractivity contribution in [2.45, 2.75) is 26.8 Å². The summed E-state index contributed by atoms with van der Waals surface area (Å²) in [6.07, 6.45) is 1.53. The molecule has 1 atom stereocenters. The first-order valence-corrected chi connectivity index (χ1v) is 5.41. The van der Waals surface area contributed by atoms with Crippen molar-refractivity contribution < 1.29 is 9.53 Å². The molecule has 17 heavy (non-hydrogen) atoms. The van der Waals surface area contributed by atoms with Crippen molar-refractivity contribution in [1.82, 2.24) is 4.98 Å². The summed E-state index contributed by atoms with van der Waals surface area (Å²) in [5.41, 5.74) is 6.17. The minimum absolute atomic E-state index is 0.218. The third-order valence-corrected chi connectivity index (χ3v) is 2.43. The fourth-order valence-corrected chi connectivity index (χ4v) is 1.19. The highest BCUT2D eigenvalue weighted by atomic mass is 16.5. The summed E-state index contributed by atoms with van der Waals surface area (Å²) in [7, 11) is 1.54. The van der Waals surface area contributed by atoms with Crippen LogP contribution in [-0.2, 0) is 4.79 Å². The Balaban J connectivity index is 2.68. The molecule has 1 rings (SSSR count). The molecule has 94 valence electrons. The van der Waals surface area contributed by atoms with Gasteiger partial charge in [-0.1, -0.05) is 20.8 Å². The maximum Gasteiger partial charge on any atom is 0.241 e. The molecule has 1 heterocycles. The smallest absolute Gasteiger partial charge is 0.241 e. The molecular weight excluding hydrogens is 218 g/mol. The highest BCUT2D eigenvalue weighted by Crippen LogP contribution is 2.19. The van der Waals surface area contributed by atoms with E-state index in [1.165, 1.54) is 13.3 Å². The largest absolute Gasteiger partial charge is 0.481 e. The van der Waals surface area contributed by atoms with Gasteiger partial charge >= 0.3 is 0 Å². The number of nitrogens with two attached hydrogens (primary N) is 1. The van der Waals surface area contributed by atoms with Crippen LogP contribution in [0.25, 0.3) is 0 Å². The minimum atomic E-state index is -0.565. The molecular formula is C12H19N3O2. The second kappa shape index (κ2) is 5.14. The predicted octanol–water partition coefficient (Wildman–Crippen LogP) is 1.40. The molecule has 0 aromatic carbocycles. The van der Waals surface area contributed by atoms with E-state index >= 15 is 0 Å². The van der Waals surface area contributed by atoms with E-state index in [1.54, 1.807) is 12.1 Å². The molecule has 5 nitrogen and oxygen atoms in total. The van der Waals surface area contributed by atoms with Gasteiger partial charge in [-0.15, -0.1) is 0 Å². The number of anilines is 1.